The maximum atomic E-state index is 6.09. The number of nitrogens with two attached hydrogens (primary N) is 1. The summed E-state index contributed by atoms with van der Waals surface area (Å²) in [5.74, 6) is 0.831. The Kier molecular flexibility index (Phi) is 6.47. The van der Waals surface area contributed by atoms with E-state index in [1.165, 1.54) is 0 Å². The van der Waals surface area contributed by atoms with E-state index in [2.05, 4.69) is 0 Å². The van der Waals surface area contributed by atoms with Gasteiger partial charge in [0.05, 0.1) is 13.2 Å². The Morgan fingerprint density at radius 3 is 2.39 bits per heavy atom. The Hall–Kier alpha value is -0.770. The van der Waals surface area contributed by atoms with Gasteiger partial charge in [0.2, 0.25) is 0 Å². The highest BCUT2D eigenvalue weighted by Gasteiger charge is 2.03. The molecule has 0 aliphatic carbocycles. The zero-order valence-corrected chi connectivity index (χ0v) is 12.1. The van der Waals surface area contributed by atoms with Gasteiger partial charge in [-0.15, -0.1) is 0 Å². The highest BCUT2D eigenvalue weighted by molar-refractivity contribution is 6.32. The first-order valence-electron chi connectivity index (χ1n) is 6.27. The van der Waals surface area contributed by atoms with E-state index < -0.39 is 0 Å². The van der Waals surface area contributed by atoms with Crippen molar-refractivity contribution >= 4 is 11.6 Å². The van der Waals surface area contributed by atoms with Crippen LogP contribution in [0.5, 0.6) is 5.75 Å². The third kappa shape index (κ3) is 4.84. The molecule has 0 radical (unpaired) electrons. The molecule has 0 amide bonds. The molecule has 0 saturated carbocycles. The predicted octanol–water partition coefficient (Wildman–Crippen LogP) is 3.09. The lowest BCUT2D eigenvalue weighted by molar-refractivity contribution is 0.0897. The molecule has 2 N–H and O–H groups in total. The summed E-state index contributed by atoms with van der Waals surface area (Å²) < 4.78 is 11.0. The molecule has 1 rings (SSSR count). The molecule has 1 aromatic carbocycles. The quantitative estimate of drug-likeness (QED) is 0.775. The summed E-state index contributed by atoms with van der Waals surface area (Å²) in [7, 11) is 0. The normalized spacial score (nSPS) is 12.5. The fourth-order valence-electron chi connectivity index (χ4n) is 1.56. The molecule has 0 aromatic heterocycles. The van der Waals surface area contributed by atoms with E-state index in [-0.39, 0.29) is 6.04 Å². The molecule has 1 unspecified atom stereocenters. The van der Waals surface area contributed by atoms with Crippen molar-refractivity contribution in [1.29, 1.82) is 0 Å². The standard InChI is InChI=1S/C14H22ClNO2/c1-4-12(16)9-17-5-6-18-13-7-10(2)14(15)11(3)8-13/h7-8,12H,4-6,9,16H2,1-3H3. The summed E-state index contributed by atoms with van der Waals surface area (Å²) >= 11 is 6.09. The second-order valence-electron chi connectivity index (χ2n) is 4.46. The Labute approximate surface area is 114 Å². The van der Waals surface area contributed by atoms with Gasteiger partial charge in [0.25, 0.3) is 0 Å². The number of rotatable bonds is 7. The Bertz CT molecular complexity index is 359. The molecular formula is C14H22ClNO2. The summed E-state index contributed by atoms with van der Waals surface area (Å²) in [5.41, 5.74) is 7.80. The maximum Gasteiger partial charge on any atom is 0.120 e. The fourth-order valence-corrected chi connectivity index (χ4v) is 1.67. The molecule has 0 spiro atoms. The third-order valence-electron chi connectivity index (χ3n) is 2.76. The smallest absolute Gasteiger partial charge is 0.120 e. The van der Waals surface area contributed by atoms with Crippen LogP contribution in [0.25, 0.3) is 0 Å². The van der Waals surface area contributed by atoms with Crippen molar-refractivity contribution in [3.63, 3.8) is 0 Å². The first-order chi connectivity index (χ1) is 8.54. The number of halogens is 1. The van der Waals surface area contributed by atoms with Crippen molar-refractivity contribution in [3.8, 4) is 5.75 Å². The van der Waals surface area contributed by atoms with Crippen molar-refractivity contribution in [2.75, 3.05) is 19.8 Å². The van der Waals surface area contributed by atoms with Crippen LogP contribution in [0.1, 0.15) is 24.5 Å². The van der Waals surface area contributed by atoms with Crippen LogP contribution in [0.4, 0.5) is 0 Å². The minimum atomic E-state index is 0.116. The minimum Gasteiger partial charge on any atom is -0.491 e. The van der Waals surface area contributed by atoms with E-state index in [1.54, 1.807) is 0 Å². The van der Waals surface area contributed by atoms with E-state index in [0.29, 0.717) is 19.8 Å². The van der Waals surface area contributed by atoms with Gasteiger partial charge in [0.1, 0.15) is 12.4 Å². The SMILES string of the molecule is CCC(N)COCCOc1cc(C)c(Cl)c(C)c1. The van der Waals surface area contributed by atoms with Gasteiger partial charge in [-0.05, 0) is 43.5 Å². The van der Waals surface area contributed by atoms with Crippen LogP contribution in [-0.2, 0) is 4.74 Å². The molecule has 1 aromatic rings. The highest BCUT2D eigenvalue weighted by Crippen LogP contribution is 2.25. The van der Waals surface area contributed by atoms with Crippen LogP contribution in [0, 0.1) is 13.8 Å². The second kappa shape index (κ2) is 7.62. The van der Waals surface area contributed by atoms with Gasteiger partial charge >= 0.3 is 0 Å². The molecular weight excluding hydrogens is 250 g/mol. The minimum absolute atomic E-state index is 0.116. The number of aryl methyl sites for hydroxylation is 2. The maximum absolute atomic E-state index is 6.09. The van der Waals surface area contributed by atoms with Crippen LogP contribution >= 0.6 is 11.6 Å². The average molecular weight is 272 g/mol. The van der Waals surface area contributed by atoms with Crippen molar-refractivity contribution in [3.05, 3.63) is 28.3 Å². The van der Waals surface area contributed by atoms with Gasteiger partial charge in [-0.2, -0.15) is 0 Å². The van der Waals surface area contributed by atoms with Crippen molar-refractivity contribution < 1.29 is 9.47 Å². The Morgan fingerprint density at radius 2 is 1.83 bits per heavy atom. The molecule has 3 nitrogen and oxygen atoms in total. The summed E-state index contributed by atoms with van der Waals surface area (Å²) in [6, 6.07) is 3.99. The summed E-state index contributed by atoms with van der Waals surface area (Å²) in [6.45, 7) is 7.64. The topological polar surface area (TPSA) is 44.5 Å². The van der Waals surface area contributed by atoms with Crippen LogP contribution in [-0.4, -0.2) is 25.9 Å². The average Bonchev–Trinajstić information content (AvgIpc) is 2.35. The first kappa shape index (κ1) is 15.3. The molecule has 0 aliphatic rings. The van der Waals surface area contributed by atoms with Crippen molar-refractivity contribution in [1.82, 2.24) is 0 Å². The van der Waals surface area contributed by atoms with Crippen LogP contribution < -0.4 is 10.5 Å². The van der Waals surface area contributed by atoms with Gasteiger partial charge in [-0.3, -0.25) is 0 Å². The van der Waals surface area contributed by atoms with Crippen molar-refractivity contribution in [2.45, 2.75) is 33.2 Å². The van der Waals surface area contributed by atoms with Gasteiger partial charge in [0.15, 0.2) is 0 Å². The molecule has 4 heteroatoms. The van der Waals surface area contributed by atoms with Crippen molar-refractivity contribution in [2.24, 2.45) is 5.73 Å². The van der Waals surface area contributed by atoms with Gasteiger partial charge in [-0.25, -0.2) is 0 Å². The van der Waals surface area contributed by atoms with Crippen LogP contribution in [0.3, 0.4) is 0 Å². The lowest BCUT2D eigenvalue weighted by atomic mass is 10.1. The zero-order chi connectivity index (χ0) is 13.5. The number of ether oxygens (including phenoxy) is 2. The lowest BCUT2D eigenvalue weighted by Gasteiger charge is -2.12. The molecule has 18 heavy (non-hydrogen) atoms. The van der Waals surface area contributed by atoms with Gasteiger partial charge in [-0.1, -0.05) is 18.5 Å². The lowest BCUT2D eigenvalue weighted by Crippen LogP contribution is -2.26. The summed E-state index contributed by atoms with van der Waals surface area (Å²) in [5, 5.41) is 0.799. The number of hydrogen-bond acceptors (Lipinski definition) is 3. The Balaban J connectivity index is 2.32. The molecule has 0 heterocycles. The van der Waals surface area contributed by atoms with E-state index >= 15 is 0 Å². The largest absolute Gasteiger partial charge is 0.491 e. The molecule has 102 valence electrons. The Morgan fingerprint density at radius 1 is 1.22 bits per heavy atom. The van der Waals surface area contributed by atoms with Gasteiger partial charge < -0.3 is 15.2 Å². The molecule has 0 fully saturated rings. The number of hydrogen-bond donors (Lipinski definition) is 1. The summed E-state index contributed by atoms with van der Waals surface area (Å²) in [6.07, 6.45) is 0.927. The monoisotopic (exact) mass is 271 g/mol. The zero-order valence-electron chi connectivity index (χ0n) is 11.3. The summed E-state index contributed by atoms with van der Waals surface area (Å²) in [4.78, 5) is 0. The van der Waals surface area contributed by atoms with E-state index in [0.717, 1.165) is 28.3 Å². The fraction of sp³-hybridized carbons (Fsp3) is 0.571. The van der Waals surface area contributed by atoms with E-state index in [9.17, 15) is 0 Å². The molecule has 0 aliphatic heterocycles. The molecule has 1 atom stereocenters. The third-order valence-corrected chi connectivity index (χ3v) is 3.36. The van der Waals surface area contributed by atoms with Crippen LogP contribution in [0.15, 0.2) is 12.1 Å². The van der Waals surface area contributed by atoms with Crippen LogP contribution in [0.2, 0.25) is 5.02 Å². The molecule has 0 saturated heterocycles. The molecule has 0 bridgehead atoms. The van der Waals surface area contributed by atoms with E-state index in [1.807, 2.05) is 32.9 Å². The van der Waals surface area contributed by atoms with Gasteiger partial charge in [0, 0.05) is 11.1 Å². The number of benzene rings is 1. The first-order valence-corrected chi connectivity index (χ1v) is 6.65. The second-order valence-corrected chi connectivity index (χ2v) is 4.84. The highest BCUT2D eigenvalue weighted by atomic mass is 35.5. The van der Waals surface area contributed by atoms with E-state index in [4.69, 9.17) is 26.8 Å². The predicted molar refractivity (Wildman–Crippen MR) is 75.5 cm³/mol.